The van der Waals surface area contributed by atoms with Gasteiger partial charge in [0.15, 0.2) is 0 Å². The van der Waals surface area contributed by atoms with Crippen molar-refractivity contribution in [1.82, 2.24) is 4.98 Å². The number of hydrogen-bond acceptors (Lipinski definition) is 4. The molecule has 1 N–H and O–H groups in total. The minimum Gasteiger partial charge on any atom is -0.387 e. The van der Waals surface area contributed by atoms with Gasteiger partial charge >= 0.3 is 0 Å². The minimum absolute atomic E-state index is 0.421. The lowest BCUT2D eigenvalue weighted by Gasteiger charge is -2.26. The maximum absolute atomic E-state index is 10.4. The van der Waals surface area contributed by atoms with E-state index in [4.69, 9.17) is 4.74 Å². The van der Waals surface area contributed by atoms with Crippen molar-refractivity contribution >= 4 is 11.3 Å². The van der Waals surface area contributed by atoms with E-state index < -0.39 is 5.60 Å². The number of aromatic nitrogens is 1. The zero-order chi connectivity index (χ0) is 10.0. The molecule has 0 radical (unpaired) electrons. The van der Waals surface area contributed by atoms with Crippen LogP contribution in [-0.2, 0) is 11.2 Å². The molecule has 1 fully saturated rings. The summed E-state index contributed by atoms with van der Waals surface area (Å²) in [5, 5.41) is 10.4. The Labute approximate surface area is 87.7 Å². The smallest absolute Gasteiger partial charge is 0.0956 e. The van der Waals surface area contributed by atoms with Crippen LogP contribution in [0.15, 0.2) is 11.7 Å². The summed E-state index contributed by atoms with van der Waals surface area (Å²) in [6, 6.07) is 0. The van der Waals surface area contributed by atoms with Crippen LogP contribution in [0.3, 0.4) is 0 Å². The Morgan fingerprint density at radius 2 is 2.50 bits per heavy atom. The SMILES string of the molecule is COCC(O)(Cc1cncs1)C1CC1. The first-order valence-electron chi connectivity index (χ1n) is 4.83. The van der Waals surface area contributed by atoms with Gasteiger partial charge in [0.2, 0.25) is 0 Å². The lowest BCUT2D eigenvalue weighted by Crippen LogP contribution is -2.38. The lowest BCUT2D eigenvalue weighted by molar-refractivity contribution is -0.0469. The molecular formula is C10H15NO2S. The van der Waals surface area contributed by atoms with Gasteiger partial charge in [0, 0.05) is 24.6 Å². The van der Waals surface area contributed by atoms with Crippen LogP contribution in [0.2, 0.25) is 0 Å². The Hall–Kier alpha value is -0.450. The number of nitrogens with zero attached hydrogens (tertiary/aromatic N) is 1. The molecule has 4 heteroatoms. The van der Waals surface area contributed by atoms with Crippen LogP contribution in [0.4, 0.5) is 0 Å². The van der Waals surface area contributed by atoms with Gasteiger partial charge in [-0.2, -0.15) is 0 Å². The Balaban J connectivity index is 2.03. The highest BCUT2D eigenvalue weighted by Crippen LogP contribution is 2.41. The van der Waals surface area contributed by atoms with Crippen molar-refractivity contribution < 1.29 is 9.84 Å². The van der Waals surface area contributed by atoms with Crippen molar-refractivity contribution in [1.29, 1.82) is 0 Å². The molecule has 0 aliphatic heterocycles. The van der Waals surface area contributed by atoms with Gasteiger partial charge in [-0.3, -0.25) is 4.98 Å². The van der Waals surface area contributed by atoms with Gasteiger partial charge in [-0.05, 0) is 18.8 Å². The second-order valence-electron chi connectivity index (χ2n) is 3.96. The molecule has 78 valence electrons. The zero-order valence-corrected chi connectivity index (χ0v) is 9.09. The van der Waals surface area contributed by atoms with Crippen molar-refractivity contribution in [2.24, 2.45) is 5.92 Å². The zero-order valence-electron chi connectivity index (χ0n) is 8.27. The van der Waals surface area contributed by atoms with Gasteiger partial charge in [-0.1, -0.05) is 0 Å². The van der Waals surface area contributed by atoms with Crippen molar-refractivity contribution in [3.63, 3.8) is 0 Å². The molecular weight excluding hydrogens is 198 g/mol. The monoisotopic (exact) mass is 213 g/mol. The molecule has 1 atom stereocenters. The molecule has 0 spiro atoms. The highest BCUT2D eigenvalue weighted by atomic mass is 32.1. The van der Waals surface area contributed by atoms with Crippen molar-refractivity contribution in [3.05, 3.63) is 16.6 Å². The summed E-state index contributed by atoms with van der Waals surface area (Å²) in [4.78, 5) is 5.15. The van der Waals surface area contributed by atoms with E-state index in [1.54, 1.807) is 24.0 Å². The summed E-state index contributed by atoms with van der Waals surface area (Å²) in [7, 11) is 1.64. The summed E-state index contributed by atoms with van der Waals surface area (Å²) in [5.74, 6) is 0.421. The quantitative estimate of drug-likeness (QED) is 0.805. The van der Waals surface area contributed by atoms with Crippen LogP contribution in [0.25, 0.3) is 0 Å². The normalized spacial score (nSPS) is 20.7. The third-order valence-electron chi connectivity index (χ3n) is 2.70. The van der Waals surface area contributed by atoms with Gasteiger partial charge in [-0.15, -0.1) is 11.3 Å². The second-order valence-corrected chi connectivity index (χ2v) is 4.93. The first-order valence-corrected chi connectivity index (χ1v) is 5.71. The molecule has 1 unspecified atom stereocenters. The van der Waals surface area contributed by atoms with Crippen molar-refractivity contribution in [3.8, 4) is 0 Å². The fraction of sp³-hybridized carbons (Fsp3) is 0.700. The summed E-state index contributed by atoms with van der Waals surface area (Å²) >= 11 is 1.59. The number of rotatable bonds is 5. The van der Waals surface area contributed by atoms with Gasteiger partial charge in [0.05, 0.1) is 17.7 Å². The molecule has 2 rings (SSSR count). The number of methoxy groups -OCH3 is 1. The molecule has 1 aliphatic carbocycles. The van der Waals surface area contributed by atoms with E-state index in [0.717, 1.165) is 17.7 Å². The van der Waals surface area contributed by atoms with E-state index in [-0.39, 0.29) is 0 Å². The molecule has 1 saturated carbocycles. The van der Waals surface area contributed by atoms with E-state index in [2.05, 4.69) is 4.98 Å². The highest BCUT2D eigenvalue weighted by molar-refractivity contribution is 7.09. The first-order chi connectivity index (χ1) is 6.74. The molecule has 0 aromatic carbocycles. The first kappa shape index (κ1) is 10.1. The molecule has 1 heterocycles. The van der Waals surface area contributed by atoms with E-state index in [9.17, 15) is 5.11 Å². The van der Waals surface area contributed by atoms with Crippen LogP contribution in [0.5, 0.6) is 0 Å². The van der Waals surface area contributed by atoms with Crippen molar-refractivity contribution in [2.45, 2.75) is 24.9 Å². The van der Waals surface area contributed by atoms with E-state index in [1.807, 2.05) is 6.20 Å². The maximum atomic E-state index is 10.4. The number of hydrogen-bond donors (Lipinski definition) is 1. The third-order valence-corrected chi connectivity index (χ3v) is 3.47. The average molecular weight is 213 g/mol. The van der Waals surface area contributed by atoms with Gasteiger partial charge in [0.1, 0.15) is 0 Å². The summed E-state index contributed by atoms with van der Waals surface area (Å²) in [6.45, 7) is 0.426. The molecule has 0 amide bonds. The number of thiazole rings is 1. The molecule has 3 nitrogen and oxygen atoms in total. The Bertz CT molecular complexity index is 284. The van der Waals surface area contributed by atoms with Gasteiger partial charge < -0.3 is 9.84 Å². The molecule has 14 heavy (non-hydrogen) atoms. The highest BCUT2D eigenvalue weighted by Gasteiger charge is 2.44. The van der Waals surface area contributed by atoms with E-state index >= 15 is 0 Å². The van der Waals surface area contributed by atoms with Crippen LogP contribution >= 0.6 is 11.3 Å². The van der Waals surface area contributed by atoms with Crippen LogP contribution in [-0.4, -0.2) is 29.4 Å². The second kappa shape index (κ2) is 3.96. The fourth-order valence-corrected chi connectivity index (χ4v) is 2.53. The molecule has 0 bridgehead atoms. The Kier molecular flexibility index (Phi) is 2.85. The van der Waals surface area contributed by atoms with Gasteiger partial charge in [-0.25, -0.2) is 0 Å². The summed E-state index contributed by atoms with van der Waals surface area (Å²) in [6.07, 6.45) is 4.75. The minimum atomic E-state index is -0.665. The predicted octanol–water partition coefficient (Wildman–Crippen LogP) is 1.47. The van der Waals surface area contributed by atoms with Crippen molar-refractivity contribution in [2.75, 3.05) is 13.7 Å². The number of aliphatic hydroxyl groups is 1. The van der Waals surface area contributed by atoms with Crippen LogP contribution in [0, 0.1) is 5.92 Å². The van der Waals surface area contributed by atoms with Gasteiger partial charge in [0.25, 0.3) is 0 Å². The lowest BCUT2D eigenvalue weighted by atomic mass is 9.94. The van der Waals surface area contributed by atoms with Crippen LogP contribution < -0.4 is 0 Å². The predicted molar refractivity (Wildman–Crippen MR) is 55.4 cm³/mol. The topological polar surface area (TPSA) is 42.4 Å². The average Bonchev–Trinajstić information content (AvgIpc) is 2.89. The fourth-order valence-electron chi connectivity index (χ4n) is 1.81. The third kappa shape index (κ3) is 2.13. The molecule has 1 aliphatic rings. The van der Waals surface area contributed by atoms with E-state index in [0.29, 0.717) is 18.9 Å². The summed E-state index contributed by atoms with van der Waals surface area (Å²) in [5.41, 5.74) is 1.14. The largest absolute Gasteiger partial charge is 0.387 e. The molecule has 0 saturated heterocycles. The van der Waals surface area contributed by atoms with Crippen LogP contribution in [0.1, 0.15) is 17.7 Å². The van der Waals surface area contributed by atoms with E-state index in [1.165, 1.54) is 0 Å². The summed E-state index contributed by atoms with van der Waals surface area (Å²) < 4.78 is 5.09. The number of ether oxygens (including phenoxy) is 1. The molecule has 1 aromatic rings. The molecule has 1 aromatic heterocycles. The standard InChI is InChI=1S/C10H15NO2S/c1-13-6-10(12,8-2-3-8)4-9-5-11-7-14-9/h5,7-8,12H,2-4,6H2,1H3. The maximum Gasteiger partial charge on any atom is 0.0956 e. The Morgan fingerprint density at radius 3 is 3.00 bits per heavy atom. The Morgan fingerprint density at radius 1 is 1.71 bits per heavy atom.